The Morgan fingerprint density at radius 3 is 2.61 bits per heavy atom. The zero-order valence-corrected chi connectivity index (χ0v) is 15.1. The number of benzene rings is 1. The van der Waals surface area contributed by atoms with E-state index in [-0.39, 0.29) is 32.1 Å². The summed E-state index contributed by atoms with van der Waals surface area (Å²) in [5, 5.41) is 6.64. The number of hydrazone groups is 1. The maximum absolute atomic E-state index is 12.5. The number of rotatable bonds is 2. The van der Waals surface area contributed by atoms with Crippen LogP contribution in [0.5, 0.6) is 0 Å². The molecule has 0 aliphatic rings. The molecule has 0 saturated carbocycles. The largest absolute Gasteiger partial charge is 0.462 e. The topological polar surface area (TPSA) is 71.8 Å². The molecule has 0 spiro atoms. The lowest BCUT2D eigenvalue weighted by Gasteiger charge is -2.31. The van der Waals surface area contributed by atoms with Gasteiger partial charge in [-0.05, 0) is 45.1 Å². The van der Waals surface area contributed by atoms with E-state index in [4.69, 9.17) is 45.6 Å². The Morgan fingerprint density at radius 2 is 2.04 bits per heavy atom. The lowest BCUT2D eigenvalue weighted by atomic mass is 10.1. The number of fused-ring (bicyclic) bond motifs is 1. The van der Waals surface area contributed by atoms with E-state index in [9.17, 15) is 4.79 Å². The zero-order valence-electron chi connectivity index (χ0n) is 12.8. The van der Waals surface area contributed by atoms with E-state index < -0.39 is 5.54 Å². The molecule has 8 heteroatoms. The van der Waals surface area contributed by atoms with Gasteiger partial charge in [0.05, 0.1) is 27.7 Å². The third kappa shape index (κ3) is 3.83. The van der Waals surface area contributed by atoms with Crippen molar-refractivity contribution in [1.29, 1.82) is 0 Å². The van der Waals surface area contributed by atoms with Gasteiger partial charge in [-0.1, -0.05) is 23.2 Å². The van der Waals surface area contributed by atoms with Gasteiger partial charge in [0.1, 0.15) is 6.26 Å². The van der Waals surface area contributed by atoms with E-state index in [0.29, 0.717) is 5.02 Å². The molecule has 2 rings (SSSR count). The van der Waals surface area contributed by atoms with Crippen LogP contribution in [0.4, 0.5) is 0 Å². The Kier molecular flexibility index (Phi) is 4.98. The summed E-state index contributed by atoms with van der Waals surface area (Å²) >= 11 is 16.9. The highest BCUT2D eigenvalue weighted by molar-refractivity contribution is 7.80. The predicted molar refractivity (Wildman–Crippen MR) is 98.5 cm³/mol. The summed E-state index contributed by atoms with van der Waals surface area (Å²) in [7, 11) is 0. The first-order valence-corrected chi connectivity index (χ1v) is 7.82. The van der Waals surface area contributed by atoms with E-state index in [2.05, 4.69) is 5.10 Å². The smallest absolute Gasteiger partial charge is 0.201 e. The van der Waals surface area contributed by atoms with Crippen LogP contribution >= 0.6 is 35.4 Å². The van der Waals surface area contributed by atoms with Crippen molar-refractivity contribution in [2.24, 2.45) is 10.8 Å². The molecule has 1 heterocycles. The first-order valence-electron chi connectivity index (χ1n) is 6.65. The van der Waals surface area contributed by atoms with Crippen LogP contribution in [0.15, 0.2) is 32.7 Å². The Bertz CT molecular complexity index is 856. The number of hydrogen-bond acceptors (Lipinski definition) is 4. The average molecular weight is 372 g/mol. The standard InChI is InChI=1S/C15H15Cl2N3O2S/c1-15(2,3)20(14(18)23)19-6-8-7-22-13-10(12(8)21)4-9(16)5-11(13)17/h4-7H,1-3H3,(H2,18,23)/b19-6-. The summed E-state index contributed by atoms with van der Waals surface area (Å²) in [4.78, 5) is 12.5. The second-order valence-electron chi connectivity index (χ2n) is 5.85. The van der Waals surface area contributed by atoms with Gasteiger partial charge in [0, 0.05) is 5.02 Å². The molecule has 1 aromatic heterocycles. The summed E-state index contributed by atoms with van der Waals surface area (Å²) in [6.45, 7) is 5.68. The average Bonchev–Trinajstić information content (AvgIpc) is 2.40. The predicted octanol–water partition coefficient (Wildman–Crippen LogP) is 3.78. The van der Waals surface area contributed by atoms with Gasteiger partial charge in [-0.15, -0.1) is 0 Å². The molecule has 0 aliphatic heterocycles. The van der Waals surface area contributed by atoms with E-state index in [1.807, 2.05) is 20.8 Å². The van der Waals surface area contributed by atoms with Gasteiger partial charge in [-0.25, -0.2) is 5.01 Å². The number of nitrogens with two attached hydrogens (primary N) is 1. The Hall–Kier alpha value is -1.63. The fourth-order valence-corrected chi connectivity index (χ4v) is 2.81. The Morgan fingerprint density at radius 1 is 1.39 bits per heavy atom. The Labute approximate surface area is 148 Å². The van der Waals surface area contributed by atoms with Crippen LogP contribution in [0.3, 0.4) is 0 Å². The molecule has 5 nitrogen and oxygen atoms in total. The van der Waals surface area contributed by atoms with Crippen LogP contribution in [0.25, 0.3) is 11.0 Å². The second kappa shape index (κ2) is 6.47. The minimum atomic E-state index is -0.425. The molecule has 122 valence electrons. The van der Waals surface area contributed by atoms with Crippen molar-refractivity contribution in [2.75, 3.05) is 0 Å². The summed E-state index contributed by atoms with van der Waals surface area (Å²) in [6.07, 6.45) is 2.64. The molecule has 0 bridgehead atoms. The lowest BCUT2D eigenvalue weighted by Crippen LogP contribution is -2.44. The van der Waals surface area contributed by atoms with Crippen molar-refractivity contribution in [1.82, 2.24) is 5.01 Å². The highest BCUT2D eigenvalue weighted by Gasteiger charge is 2.21. The number of hydrogen-bond donors (Lipinski definition) is 1. The molecule has 2 N–H and O–H groups in total. The molecule has 0 atom stereocenters. The summed E-state index contributed by atoms with van der Waals surface area (Å²) < 4.78 is 5.42. The molecule has 0 radical (unpaired) electrons. The van der Waals surface area contributed by atoms with Crippen molar-refractivity contribution in [3.8, 4) is 0 Å². The molecule has 0 aliphatic carbocycles. The van der Waals surface area contributed by atoms with Crippen LogP contribution in [0, 0.1) is 0 Å². The van der Waals surface area contributed by atoms with Crippen LogP contribution in [0.2, 0.25) is 10.0 Å². The maximum Gasteiger partial charge on any atom is 0.201 e. The lowest BCUT2D eigenvalue weighted by molar-refractivity contribution is 0.250. The Balaban J connectivity index is 2.53. The SMILES string of the molecule is CC(C)(C)N(/N=C\c1coc2c(Cl)cc(Cl)cc2c1=O)C(N)=S. The molecule has 23 heavy (non-hydrogen) atoms. The van der Waals surface area contributed by atoms with E-state index in [0.717, 1.165) is 0 Å². The van der Waals surface area contributed by atoms with Crippen molar-refractivity contribution in [3.63, 3.8) is 0 Å². The summed E-state index contributed by atoms with van der Waals surface area (Å²) in [5.41, 5.74) is 5.46. The summed E-state index contributed by atoms with van der Waals surface area (Å²) in [6, 6.07) is 3.01. The van der Waals surface area contributed by atoms with Gasteiger partial charge in [0.2, 0.25) is 5.43 Å². The molecule has 2 aromatic rings. The van der Waals surface area contributed by atoms with E-state index >= 15 is 0 Å². The molecule has 0 fully saturated rings. The number of thiocarbonyl (C=S) groups is 1. The minimum Gasteiger partial charge on any atom is -0.462 e. The van der Waals surface area contributed by atoms with Crippen molar-refractivity contribution < 1.29 is 4.42 Å². The highest BCUT2D eigenvalue weighted by atomic mass is 35.5. The monoisotopic (exact) mass is 371 g/mol. The van der Waals surface area contributed by atoms with Gasteiger partial charge in [0.15, 0.2) is 10.7 Å². The van der Waals surface area contributed by atoms with E-state index in [1.54, 1.807) is 0 Å². The number of nitrogens with zero attached hydrogens (tertiary/aromatic N) is 2. The van der Waals surface area contributed by atoms with Gasteiger partial charge in [-0.2, -0.15) is 5.10 Å². The van der Waals surface area contributed by atoms with E-state index in [1.165, 1.54) is 29.6 Å². The number of halogens is 2. The fraction of sp³-hybridized carbons (Fsp3) is 0.267. The highest BCUT2D eigenvalue weighted by Crippen LogP contribution is 2.26. The second-order valence-corrected chi connectivity index (χ2v) is 7.11. The normalized spacial score (nSPS) is 12.0. The molecular formula is C15H15Cl2N3O2S. The maximum atomic E-state index is 12.5. The van der Waals surface area contributed by atoms with Crippen LogP contribution in [-0.2, 0) is 0 Å². The molecular weight excluding hydrogens is 357 g/mol. The van der Waals surface area contributed by atoms with Crippen molar-refractivity contribution >= 4 is 57.7 Å². The first kappa shape index (κ1) is 17.7. The molecule has 1 aromatic carbocycles. The quantitative estimate of drug-likeness (QED) is 0.494. The van der Waals surface area contributed by atoms with Gasteiger partial charge >= 0.3 is 0 Å². The third-order valence-electron chi connectivity index (χ3n) is 2.98. The minimum absolute atomic E-state index is 0.102. The first-order chi connectivity index (χ1) is 10.6. The van der Waals surface area contributed by atoms with Crippen molar-refractivity contribution in [3.05, 3.63) is 44.2 Å². The molecule has 0 amide bonds. The molecule has 0 unspecified atom stereocenters. The zero-order chi connectivity index (χ0) is 17.4. The van der Waals surface area contributed by atoms with Crippen LogP contribution in [0.1, 0.15) is 26.3 Å². The van der Waals surface area contributed by atoms with Crippen molar-refractivity contribution in [2.45, 2.75) is 26.3 Å². The molecule has 0 saturated heterocycles. The van der Waals surface area contributed by atoms with Gasteiger partial charge in [-0.3, -0.25) is 4.79 Å². The van der Waals surface area contributed by atoms with Gasteiger partial charge in [0.25, 0.3) is 0 Å². The van der Waals surface area contributed by atoms with Crippen LogP contribution in [-0.4, -0.2) is 21.9 Å². The van der Waals surface area contributed by atoms with Gasteiger partial charge < -0.3 is 10.2 Å². The van der Waals surface area contributed by atoms with Crippen LogP contribution < -0.4 is 11.2 Å². The summed E-state index contributed by atoms with van der Waals surface area (Å²) in [5.74, 6) is 0. The fourth-order valence-electron chi connectivity index (χ4n) is 1.95. The third-order valence-corrected chi connectivity index (χ3v) is 3.65.